The maximum atomic E-state index is 12.5. The molecule has 0 bridgehead atoms. The number of hydrogen-bond acceptors (Lipinski definition) is 4. The summed E-state index contributed by atoms with van der Waals surface area (Å²) in [4.78, 5) is 0.464. The highest BCUT2D eigenvalue weighted by atomic mass is 32.2. The highest BCUT2D eigenvalue weighted by Gasteiger charge is 2.12. The van der Waals surface area contributed by atoms with E-state index < -0.39 is 19.7 Å². The summed E-state index contributed by atoms with van der Waals surface area (Å²) in [5, 5.41) is 0. The van der Waals surface area contributed by atoms with Crippen LogP contribution in [0.4, 0.5) is 0 Å². The summed E-state index contributed by atoms with van der Waals surface area (Å²) in [5.74, 6) is 22.3. The van der Waals surface area contributed by atoms with Crippen molar-refractivity contribution < 1.29 is 16.8 Å². The van der Waals surface area contributed by atoms with Crippen LogP contribution < -0.4 is 0 Å². The molecule has 4 aromatic rings. The first kappa shape index (κ1) is 28.0. The molecule has 0 heterocycles. The average molecular weight is 559 g/mol. The Morgan fingerprint density at radius 2 is 0.700 bits per heavy atom. The summed E-state index contributed by atoms with van der Waals surface area (Å²) in [7, 11) is -7.01. The van der Waals surface area contributed by atoms with E-state index in [-0.39, 0.29) is 21.3 Å². The van der Waals surface area contributed by atoms with Gasteiger partial charge >= 0.3 is 0 Å². The van der Waals surface area contributed by atoms with Crippen molar-refractivity contribution >= 4 is 19.7 Å². The third kappa shape index (κ3) is 7.77. The Morgan fingerprint density at radius 1 is 0.400 bits per heavy atom. The van der Waals surface area contributed by atoms with E-state index in [9.17, 15) is 16.8 Å². The Bertz CT molecular complexity index is 1830. The topological polar surface area (TPSA) is 68.3 Å². The van der Waals surface area contributed by atoms with Gasteiger partial charge in [-0.25, -0.2) is 16.8 Å². The predicted molar refractivity (Wildman–Crippen MR) is 157 cm³/mol. The van der Waals surface area contributed by atoms with Crippen molar-refractivity contribution in [1.82, 2.24) is 0 Å². The first-order valence-corrected chi connectivity index (χ1v) is 15.4. The van der Waals surface area contributed by atoms with Gasteiger partial charge < -0.3 is 0 Å². The minimum absolute atomic E-state index is 0.232. The molecule has 0 spiro atoms. The molecule has 0 atom stereocenters. The molecule has 0 aromatic heterocycles. The fourth-order valence-electron chi connectivity index (χ4n) is 3.47. The summed E-state index contributed by atoms with van der Waals surface area (Å²) in [6.45, 7) is 0. The van der Waals surface area contributed by atoms with Crippen molar-refractivity contribution in [1.29, 1.82) is 0 Å². The van der Waals surface area contributed by atoms with E-state index in [0.29, 0.717) is 22.3 Å². The molecule has 0 unspecified atom stereocenters. The number of benzene rings is 4. The lowest BCUT2D eigenvalue weighted by Crippen LogP contribution is -2.04. The molecule has 4 nitrogen and oxygen atoms in total. The van der Waals surface area contributed by atoms with Crippen LogP contribution in [0.3, 0.4) is 0 Å². The van der Waals surface area contributed by atoms with Gasteiger partial charge in [-0.2, -0.15) is 0 Å². The van der Waals surface area contributed by atoms with Crippen LogP contribution in [-0.4, -0.2) is 28.3 Å². The van der Waals surface area contributed by atoms with Crippen molar-refractivity contribution in [3.05, 3.63) is 131 Å². The van der Waals surface area contributed by atoms with Gasteiger partial charge in [0.05, 0.1) is 9.79 Å². The van der Waals surface area contributed by atoms with Crippen LogP contribution in [0.5, 0.6) is 0 Å². The van der Waals surface area contributed by atoms with Gasteiger partial charge in [0, 0.05) is 22.3 Å². The van der Waals surface area contributed by atoms with Crippen LogP contribution in [0.15, 0.2) is 119 Å². The Morgan fingerprint density at radius 3 is 1.05 bits per heavy atom. The van der Waals surface area contributed by atoms with E-state index in [1.807, 2.05) is 12.1 Å². The van der Waals surface area contributed by atoms with E-state index in [1.54, 1.807) is 97.1 Å². The van der Waals surface area contributed by atoms with Gasteiger partial charge in [-0.1, -0.05) is 96.2 Å². The molecule has 6 heteroatoms. The van der Waals surface area contributed by atoms with Crippen LogP contribution >= 0.6 is 0 Å². The zero-order chi connectivity index (χ0) is 28.3. The summed E-state index contributed by atoms with van der Waals surface area (Å²) in [5.41, 5.74) is 2.46. The molecule has 4 rings (SSSR count). The molecule has 0 saturated carbocycles. The standard InChI is InChI=1S/C34H22O4S2/c35-39(36,33-23-3-1-4-24-33)27-13-21-31-19-11-9-17-29(31)15-7-8-16-30-18-10-12-20-32(30)22-14-28-40(37,38)34-25-5-2-6-26-34/h1-6,9-12,17-20,23-26H,27-28H2. The van der Waals surface area contributed by atoms with Gasteiger partial charge in [0.25, 0.3) is 0 Å². The lowest BCUT2D eigenvalue weighted by Gasteiger charge is -1.99. The molecule has 0 amide bonds. The van der Waals surface area contributed by atoms with Gasteiger partial charge in [0.15, 0.2) is 19.7 Å². The van der Waals surface area contributed by atoms with E-state index in [1.165, 1.54) is 0 Å². The fraction of sp³-hybridized carbons (Fsp3) is 0.0588. The first-order valence-electron chi connectivity index (χ1n) is 12.1. The summed E-state index contributed by atoms with van der Waals surface area (Å²) in [6, 6.07) is 30.8. The van der Waals surface area contributed by atoms with E-state index in [4.69, 9.17) is 0 Å². The number of rotatable bonds is 4. The normalized spacial score (nSPS) is 10.3. The minimum Gasteiger partial charge on any atom is -0.223 e. The largest absolute Gasteiger partial charge is 0.223 e. The molecule has 0 saturated heterocycles. The molecule has 4 aromatic carbocycles. The van der Waals surface area contributed by atoms with Crippen LogP contribution in [0.25, 0.3) is 0 Å². The zero-order valence-corrected chi connectivity index (χ0v) is 22.9. The van der Waals surface area contributed by atoms with Crippen molar-refractivity contribution in [2.24, 2.45) is 0 Å². The van der Waals surface area contributed by atoms with Gasteiger partial charge in [0.1, 0.15) is 11.5 Å². The molecule has 0 aliphatic carbocycles. The van der Waals surface area contributed by atoms with Gasteiger partial charge in [-0.3, -0.25) is 0 Å². The lowest BCUT2D eigenvalue weighted by atomic mass is 10.1. The molecule has 40 heavy (non-hydrogen) atoms. The predicted octanol–water partition coefficient (Wildman–Crippen LogP) is 4.74. The third-order valence-corrected chi connectivity index (χ3v) is 8.52. The van der Waals surface area contributed by atoms with Gasteiger partial charge in [0.2, 0.25) is 0 Å². The van der Waals surface area contributed by atoms with Crippen molar-refractivity contribution in [2.75, 3.05) is 11.5 Å². The molecule has 0 aliphatic heterocycles. The quantitative estimate of drug-likeness (QED) is 0.340. The first-order chi connectivity index (χ1) is 19.4. The van der Waals surface area contributed by atoms with Crippen LogP contribution in [0.2, 0.25) is 0 Å². The summed E-state index contributed by atoms with van der Waals surface area (Å²) < 4.78 is 49.9. The second-order valence-electron chi connectivity index (χ2n) is 8.34. The van der Waals surface area contributed by atoms with Crippen molar-refractivity contribution in [2.45, 2.75) is 9.79 Å². The Balaban J connectivity index is 1.49. The fourth-order valence-corrected chi connectivity index (χ4v) is 5.48. The smallest absolute Gasteiger partial charge is 0.189 e. The molecular formula is C34H22O4S2. The third-order valence-electron chi connectivity index (χ3n) is 5.49. The lowest BCUT2D eigenvalue weighted by molar-refractivity contribution is 0.597. The molecule has 0 fully saturated rings. The Labute approximate surface area is 235 Å². The van der Waals surface area contributed by atoms with E-state index in [2.05, 4.69) is 47.4 Å². The van der Waals surface area contributed by atoms with E-state index in [0.717, 1.165) is 0 Å². The molecule has 194 valence electrons. The van der Waals surface area contributed by atoms with Crippen LogP contribution in [0.1, 0.15) is 22.3 Å². The molecule has 0 N–H and O–H groups in total. The Kier molecular flexibility index (Phi) is 9.25. The van der Waals surface area contributed by atoms with Crippen LogP contribution in [-0.2, 0) is 19.7 Å². The zero-order valence-electron chi connectivity index (χ0n) is 21.3. The van der Waals surface area contributed by atoms with Gasteiger partial charge in [-0.15, -0.1) is 0 Å². The number of sulfone groups is 2. The van der Waals surface area contributed by atoms with Crippen LogP contribution in [0, 0.1) is 47.4 Å². The SMILES string of the molecule is O=S(=O)(CC#Cc1ccccc1C#CC#Cc1ccccc1C#CCS(=O)(=O)c1ccccc1)c1ccccc1. The Hall–Kier alpha value is -4.98. The van der Waals surface area contributed by atoms with Gasteiger partial charge in [-0.05, 0) is 60.4 Å². The molecular weight excluding hydrogens is 537 g/mol. The second-order valence-corrected chi connectivity index (χ2v) is 12.3. The highest BCUT2D eigenvalue weighted by Crippen LogP contribution is 2.11. The van der Waals surface area contributed by atoms with E-state index >= 15 is 0 Å². The number of hydrogen-bond donors (Lipinski definition) is 0. The van der Waals surface area contributed by atoms with Crippen molar-refractivity contribution in [3.8, 4) is 47.4 Å². The average Bonchev–Trinajstić information content (AvgIpc) is 2.97. The summed E-state index contributed by atoms with van der Waals surface area (Å²) in [6.07, 6.45) is 0. The second kappa shape index (κ2) is 13.2. The van der Waals surface area contributed by atoms with Crippen molar-refractivity contribution in [3.63, 3.8) is 0 Å². The molecule has 0 radical (unpaired) electrons. The summed E-state index contributed by atoms with van der Waals surface area (Å²) >= 11 is 0. The maximum Gasteiger partial charge on any atom is 0.189 e. The minimum atomic E-state index is -3.50. The maximum absolute atomic E-state index is 12.5. The highest BCUT2D eigenvalue weighted by molar-refractivity contribution is 7.92. The monoisotopic (exact) mass is 558 g/mol. The molecule has 0 aliphatic rings.